The Morgan fingerprint density at radius 1 is 1.20 bits per heavy atom. The van der Waals surface area contributed by atoms with Crippen LogP contribution in [0.15, 0.2) is 18.2 Å². The van der Waals surface area contributed by atoms with Crippen LogP contribution in [0, 0.1) is 6.92 Å². The Labute approximate surface area is 118 Å². The first-order valence-electron chi connectivity index (χ1n) is 7.34. The van der Waals surface area contributed by atoms with Crippen LogP contribution in [0.4, 0.5) is 13.2 Å². The molecule has 20 heavy (non-hydrogen) atoms. The van der Waals surface area contributed by atoms with Crippen molar-refractivity contribution in [3.8, 4) is 0 Å². The quantitative estimate of drug-likeness (QED) is 0.852. The molecular weight excluding hydrogens is 263 g/mol. The van der Waals surface area contributed by atoms with Gasteiger partial charge in [0, 0.05) is 6.04 Å². The van der Waals surface area contributed by atoms with Crippen LogP contribution in [0.3, 0.4) is 0 Å². The molecule has 0 heterocycles. The largest absolute Gasteiger partial charge is 0.416 e. The average molecular weight is 285 g/mol. The Hall–Kier alpha value is -1.03. The second-order valence-corrected chi connectivity index (χ2v) is 5.62. The van der Waals surface area contributed by atoms with Crippen molar-refractivity contribution < 1.29 is 13.2 Å². The molecule has 1 nitrogen and oxygen atoms in total. The zero-order valence-electron chi connectivity index (χ0n) is 12.1. The van der Waals surface area contributed by atoms with Crippen LogP contribution in [0.25, 0.3) is 0 Å². The number of hydrogen-bond acceptors (Lipinski definition) is 1. The third-order valence-corrected chi connectivity index (χ3v) is 4.23. The Kier molecular flexibility index (Phi) is 4.74. The number of rotatable bonds is 3. The summed E-state index contributed by atoms with van der Waals surface area (Å²) in [4.78, 5) is 0. The van der Waals surface area contributed by atoms with Crippen LogP contribution < -0.4 is 5.32 Å². The maximum absolute atomic E-state index is 12.7. The fraction of sp³-hybridized carbons (Fsp3) is 0.625. The van der Waals surface area contributed by atoms with Crippen LogP contribution in [0.2, 0.25) is 0 Å². The van der Waals surface area contributed by atoms with Gasteiger partial charge in [0.15, 0.2) is 0 Å². The van der Waals surface area contributed by atoms with E-state index in [4.69, 9.17) is 0 Å². The fourth-order valence-corrected chi connectivity index (χ4v) is 3.28. The van der Waals surface area contributed by atoms with Crippen LogP contribution in [-0.2, 0) is 6.18 Å². The van der Waals surface area contributed by atoms with Crippen LogP contribution >= 0.6 is 0 Å². The highest BCUT2D eigenvalue weighted by Gasteiger charge is 2.32. The molecule has 0 aromatic heterocycles. The van der Waals surface area contributed by atoms with Crippen molar-refractivity contribution >= 4 is 0 Å². The SMILES string of the molecule is CCNC1CCCCC1c1ccc(C(F)(F)F)cc1C. The summed E-state index contributed by atoms with van der Waals surface area (Å²) in [6.07, 6.45) is 0.278. The fourth-order valence-electron chi connectivity index (χ4n) is 3.28. The maximum atomic E-state index is 12.7. The molecule has 1 aromatic rings. The van der Waals surface area contributed by atoms with E-state index in [-0.39, 0.29) is 0 Å². The van der Waals surface area contributed by atoms with Crippen molar-refractivity contribution in [2.24, 2.45) is 0 Å². The van der Waals surface area contributed by atoms with E-state index in [9.17, 15) is 13.2 Å². The summed E-state index contributed by atoms with van der Waals surface area (Å²) in [5.41, 5.74) is 1.29. The van der Waals surface area contributed by atoms with Gasteiger partial charge in [0.2, 0.25) is 0 Å². The molecule has 0 bridgehead atoms. The molecular formula is C16H22F3N. The summed E-state index contributed by atoms with van der Waals surface area (Å²) in [5, 5.41) is 3.48. The van der Waals surface area contributed by atoms with Gasteiger partial charge in [0.05, 0.1) is 5.56 Å². The lowest BCUT2D eigenvalue weighted by Crippen LogP contribution is -2.37. The van der Waals surface area contributed by atoms with E-state index in [0.29, 0.717) is 12.0 Å². The Morgan fingerprint density at radius 3 is 2.50 bits per heavy atom. The van der Waals surface area contributed by atoms with Gasteiger partial charge in [-0.05, 0) is 55.5 Å². The highest BCUT2D eigenvalue weighted by molar-refractivity contribution is 5.36. The number of likely N-dealkylation sites (N-methyl/N-ethyl adjacent to an activating group) is 1. The summed E-state index contributed by atoms with van der Waals surface area (Å²) in [7, 11) is 0. The predicted octanol–water partition coefficient (Wildman–Crippen LogP) is 4.65. The van der Waals surface area contributed by atoms with Crippen LogP contribution in [0.5, 0.6) is 0 Å². The zero-order chi connectivity index (χ0) is 14.8. The molecule has 0 aliphatic heterocycles. The lowest BCUT2D eigenvalue weighted by Gasteiger charge is -2.33. The highest BCUT2D eigenvalue weighted by atomic mass is 19.4. The zero-order valence-corrected chi connectivity index (χ0v) is 12.1. The van der Waals surface area contributed by atoms with Crippen molar-refractivity contribution in [1.82, 2.24) is 5.32 Å². The minimum atomic E-state index is -4.25. The van der Waals surface area contributed by atoms with Gasteiger partial charge in [-0.3, -0.25) is 0 Å². The van der Waals surface area contributed by atoms with E-state index in [1.165, 1.54) is 18.6 Å². The van der Waals surface area contributed by atoms with Crippen molar-refractivity contribution in [1.29, 1.82) is 0 Å². The third-order valence-electron chi connectivity index (χ3n) is 4.23. The van der Waals surface area contributed by atoms with Gasteiger partial charge in [-0.1, -0.05) is 25.8 Å². The smallest absolute Gasteiger partial charge is 0.314 e. The number of nitrogens with one attached hydrogen (secondary N) is 1. The second-order valence-electron chi connectivity index (χ2n) is 5.62. The molecule has 4 heteroatoms. The molecule has 2 rings (SSSR count). The molecule has 0 saturated heterocycles. The van der Waals surface area contributed by atoms with E-state index in [2.05, 4.69) is 12.2 Å². The van der Waals surface area contributed by atoms with Gasteiger partial charge in [-0.2, -0.15) is 13.2 Å². The number of hydrogen-bond donors (Lipinski definition) is 1. The molecule has 1 aliphatic rings. The topological polar surface area (TPSA) is 12.0 Å². The maximum Gasteiger partial charge on any atom is 0.416 e. The van der Waals surface area contributed by atoms with Gasteiger partial charge in [-0.15, -0.1) is 0 Å². The molecule has 0 spiro atoms. The lowest BCUT2D eigenvalue weighted by atomic mass is 9.78. The lowest BCUT2D eigenvalue weighted by molar-refractivity contribution is -0.137. The van der Waals surface area contributed by atoms with E-state index in [1.807, 2.05) is 0 Å². The Balaban J connectivity index is 2.27. The third kappa shape index (κ3) is 3.35. The van der Waals surface area contributed by atoms with Crippen LogP contribution in [-0.4, -0.2) is 12.6 Å². The summed E-state index contributed by atoms with van der Waals surface area (Å²) in [5.74, 6) is 0.339. The molecule has 1 saturated carbocycles. The second kappa shape index (κ2) is 6.17. The molecule has 2 unspecified atom stereocenters. The van der Waals surface area contributed by atoms with Crippen molar-refractivity contribution in [2.45, 2.75) is 57.7 Å². The summed E-state index contributed by atoms with van der Waals surface area (Å²) in [6, 6.07) is 4.58. The molecule has 1 N–H and O–H groups in total. The standard InChI is InChI=1S/C16H22F3N/c1-3-20-15-7-5-4-6-14(15)13-9-8-12(10-11(13)2)16(17,18)19/h8-10,14-15,20H,3-7H2,1-2H3. The number of alkyl halides is 3. The van der Waals surface area contributed by atoms with Crippen molar-refractivity contribution in [3.63, 3.8) is 0 Å². The van der Waals surface area contributed by atoms with E-state index in [0.717, 1.165) is 36.9 Å². The van der Waals surface area contributed by atoms with Gasteiger partial charge in [0.25, 0.3) is 0 Å². The summed E-state index contributed by atoms with van der Waals surface area (Å²) >= 11 is 0. The minimum Gasteiger partial charge on any atom is -0.314 e. The average Bonchev–Trinajstić information content (AvgIpc) is 2.39. The van der Waals surface area contributed by atoms with E-state index in [1.54, 1.807) is 13.0 Å². The molecule has 1 fully saturated rings. The molecule has 0 amide bonds. The molecule has 0 radical (unpaired) electrons. The summed E-state index contributed by atoms with van der Waals surface area (Å²) in [6.45, 7) is 4.77. The Morgan fingerprint density at radius 2 is 1.90 bits per heavy atom. The predicted molar refractivity (Wildman–Crippen MR) is 74.9 cm³/mol. The first-order valence-corrected chi connectivity index (χ1v) is 7.34. The van der Waals surface area contributed by atoms with Crippen molar-refractivity contribution in [2.75, 3.05) is 6.54 Å². The molecule has 112 valence electrons. The van der Waals surface area contributed by atoms with Gasteiger partial charge in [-0.25, -0.2) is 0 Å². The van der Waals surface area contributed by atoms with E-state index < -0.39 is 11.7 Å². The van der Waals surface area contributed by atoms with Gasteiger partial charge < -0.3 is 5.32 Å². The van der Waals surface area contributed by atoms with E-state index >= 15 is 0 Å². The Bertz CT molecular complexity index is 452. The first-order chi connectivity index (χ1) is 9.43. The monoisotopic (exact) mass is 285 g/mol. The first kappa shape index (κ1) is 15.4. The number of benzene rings is 1. The summed E-state index contributed by atoms with van der Waals surface area (Å²) < 4.78 is 38.2. The van der Waals surface area contributed by atoms with Gasteiger partial charge in [0.1, 0.15) is 0 Å². The number of aryl methyl sites for hydroxylation is 1. The normalized spacial score (nSPS) is 23.9. The van der Waals surface area contributed by atoms with Crippen molar-refractivity contribution in [3.05, 3.63) is 34.9 Å². The van der Waals surface area contributed by atoms with Gasteiger partial charge >= 0.3 is 6.18 Å². The molecule has 1 aliphatic carbocycles. The van der Waals surface area contributed by atoms with Crippen LogP contribution in [0.1, 0.15) is 55.2 Å². The highest BCUT2D eigenvalue weighted by Crippen LogP contribution is 2.37. The molecule has 2 atom stereocenters. The molecule has 1 aromatic carbocycles. The minimum absolute atomic E-state index is 0.339. The number of halogens is 3.